The standard InChI is InChI=1S/C12H25N3O2/c1-10(11(13)12(14)16)4-2-3-5-15-6-8-17-9-7-15/h10-11H,2-9,13H2,1H3,(H2,14,16). The molecular weight excluding hydrogens is 218 g/mol. The summed E-state index contributed by atoms with van der Waals surface area (Å²) in [7, 11) is 0. The molecular formula is C12H25N3O2. The number of rotatable bonds is 7. The zero-order chi connectivity index (χ0) is 12.7. The van der Waals surface area contributed by atoms with Gasteiger partial charge in [-0.3, -0.25) is 9.69 Å². The number of nitrogens with two attached hydrogens (primary N) is 2. The lowest BCUT2D eigenvalue weighted by atomic mass is 9.96. The van der Waals surface area contributed by atoms with Gasteiger partial charge in [-0.2, -0.15) is 0 Å². The maximum absolute atomic E-state index is 10.9. The normalized spacial score (nSPS) is 21.1. The Morgan fingerprint density at radius 1 is 1.35 bits per heavy atom. The van der Waals surface area contributed by atoms with E-state index in [1.807, 2.05) is 6.92 Å². The van der Waals surface area contributed by atoms with Crippen molar-refractivity contribution in [2.45, 2.75) is 32.2 Å². The number of nitrogens with zero attached hydrogens (tertiary/aromatic N) is 1. The maximum atomic E-state index is 10.9. The average molecular weight is 243 g/mol. The van der Waals surface area contributed by atoms with Gasteiger partial charge < -0.3 is 16.2 Å². The Bertz CT molecular complexity index is 230. The van der Waals surface area contributed by atoms with Gasteiger partial charge in [-0.1, -0.05) is 13.3 Å². The number of hydrogen-bond donors (Lipinski definition) is 2. The minimum absolute atomic E-state index is 0.178. The molecule has 2 unspecified atom stereocenters. The second kappa shape index (κ2) is 7.63. The van der Waals surface area contributed by atoms with Crippen LogP contribution in [0.3, 0.4) is 0 Å². The number of amides is 1. The summed E-state index contributed by atoms with van der Waals surface area (Å²) in [5.74, 6) is -0.220. The van der Waals surface area contributed by atoms with E-state index in [0.717, 1.165) is 52.1 Å². The van der Waals surface area contributed by atoms with Crippen LogP contribution < -0.4 is 11.5 Å². The number of unbranched alkanes of at least 4 members (excludes halogenated alkanes) is 1. The summed E-state index contributed by atoms with van der Waals surface area (Å²) in [5, 5.41) is 0. The van der Waals surface area contributed by atoms with Crippen LogP contribution in [0.15, 0.2) is 0 Å². The van der Waals surface area contributed by atoms with Crippen LogP contribution in [-0.2, 0) is 9.53 Å². The van der Waals surface area contributed by atoms with E-state index in [-0.39, 0.29) is 5.92 Å². The van der Waals surface area contributed by atoms with E-state index in [9.17, 15) is 4.79 Å². The third kappa shape index (κ3) is 5.48. The Kier molecular flexibility index (Phi) is 6.47. The van der Waals surface area contributed by atoms with Crippen LogP contribution in [0, 0.1) is 5.92 Å². The van der Waals surface area contributed by atoms with Crippen molar-refractivity contribution in [1.29, 1.82) is 0 Å². The van der Waals surface area contributed by atoms with E-state index in [2.05, 4.69) is 4.90 Å². The first-order chi connectivity index (χ1) is 8.11. The van der Waals surface area contributed by atoms with E-state index in [1.165, 1.54) is 0 Å². The topological polar surface area (TPSA) is 81.6 Å². The minimum atomic E-state index is -0.501. The third-order valence-electron chi connectivity index (χ3n) is 3.43. The van der Waals surface area contributed by atoms with Gasteiger partial charge in [0, 0.05) is 13.1 Å². The number of hydrogen-bond acceptors (Lipinski definition) is 4. The van der Waals surface area contributed by atoms with Gasteiger partial charge in [0.25, 0.3) is 0 Å². The first-order valence-electron chi connectivity index (χ1n) is 6.46. The summed E-state index contributed by atoms with van der Waals surface area (Å²) in [5.41, 5.74) is 10.9. The quantitative estimate of drug-likeness (QED) is 0.614. The molecule has 1 amide bonds. The Balaban J connectivity index is 2.04. The molecule has 4 N–H and O–H groups in total. The molecule has 5 nitrogen and oxygen atoms in total. The van der Waals surface area contributed by atoms with Crippen LogP contribution in [0.1, 0.15) is 26.2 Å². The van der Waals surface area contributed by atoms with Crippen molar-refractivity contribution in [3.63, 3.8) is 0 Å². The molecule has 0 aromatic rings. The van der Waals surface area contributed by atoms with E-state index in [4.69, 9.17) is 16.2 Å². The highest BCUT2D eigenvalue weighted by Gasteiger charge is 2.17. The fourth-order valence-electron chi connectivity index (χ4n) is 2.09. The Morgan fingerprint density at radius 2 is 2.00 bits per heavy atom. The number of ether oxygens (including phenoxy) is 1. The third-order valence-corrected chi connectivity index (χ3v) is 3.43. The number of morpholine rings is 1. The molecule has 2 atom stereocenters. The molecule has 0 aliphatic carbocycles. The fourth-order valence-corrected chi connectivity index (χ4v) is 2.09. The molecule has 1 fully saturated rings. The van der Waals surface area contributed by atoms with Crippen molar-refractivity contribution >= 4 is 5.91 Å². The number of carbonyl (C=O) groups excluding carboxylic acids is 1. The summed E-state index contributed by atoms with van der Waals surface area (Å²) in [6.45, 7) is 6.88. The lowest BCUT2D eigenvalue weighted by molar-refractivity contribution is -0.120. The van der Waals surface area contributed by atoms with Gasteiger partial charge in [0.1, 0.15) is 0 Å². The molecule has 0 aromatic heterocycles. The average Bonchev–Trinajstić information content (AvgIpc) is 2.34. The highest BCUT2D eigenvalue weighted by molar-refractivity contribution is 5.79. The van der Waals surface area contributed by atoms with Gasteiger partial charge in [0.15, 0.2) is 0 Å². The van der Waals surface area contributed by atoms with Crippen molar-refractivity contribution in [3.05, 3.63) is 0 Å². The first-order valence-corrected chi connectivity index (χ1v) is 6.46. The van der Waals surface area contributed by atoms with E-state index in [0.29, 0.717) is 0 Å². The highest BCUT2D eigenvalue weighted by atomic mass is 16.5. The van der Waals surface area contributed by atoms with Crippen LogP contribution in [-0.4, -0.2) is 49.7 Å². The Morgan fingerprint density at radius 3 is 2.59 bits per heavy atom. The van der Waals surface area contributed by atoms with Crippen LogP contribution in [0.25, 0.3) is 0 Å². The molecule has 1 saturated heterocycles. The zero-order valence-corrected chi connectivity index (χ0v) is 10.7. The minimum Gasteiger partial charge on any atom is -0.379 e. The van der Waals surface area contributed by atoms with Gasteiger partial charge >= 0.3 is 0 Å². The summed E-state index contributed by atoms with van der Waals surface area (Å²) in [6.07, 6.45) is 3.21. The predicted molar refractivity (Wildman–Crippen MR) is 67.4 cm³/mol. The molecule has 0 saturated carbocycles. The summed E-state index contributed by atoms with van der Waals surface area (Å²) in [6, 6.07) is -0.501. The molecule has 0 radical (unpaired) electrons. The second-order valence-electron chi connectivity index (χ2n) is 4.86. The molecule has 0 bridgehead atoms. The zero-order valence-electron chi connectivity index (χ0n) is 10.7. The summed E-state index contributed by atoms with van der Waals surface area (Å²) < 4.78 is 5.29. The molecule has 17 heavy (non-hydrogen) atoms. The van der Waals surface area contributed by atoms with Crippen molar-refractivity contribution < 1.29 is 9.53 Å². The van der Waals surface area contributed by atoms with E-state index in [1.54, 1.807) is 0 Å². The van der Waals surface area contributed by atoms with Crippen LogP contribution in [0.4, 0.5) is 0 Å². The van der Waals surface area contributed by atoms with Gasteiger partial charge in [0.05, 0.1) is 19.3 Å². The monoisotopic (exact) mass is 243 g/mol. The molecule has 5 heteroatoms. The van der Waals surface area contributed by atoms with E-state index < -0.39 is 11.9 Å². The molecule has 1 rings (SSSR count). The van der Waals surface area contributed by atoms with Gasteiger partial charge in [-0.25, -0.2) is 0 Å². The van der Waals surface area contributed by atoms with Crippen molar-refractivity contribution in [1.82, 2.24) is 4.90 Å². The predicted octanol–water partition coefficient (Wildman–Crippen LogP) is -0.0624. The lowest BCUT2D eigenvalue weighted by Crippen LogP contribution is -2.41. The maximum Gasteiger partial charge on any atom is 0.234 e. The molecule has 1 aliphatic heterocycles. The largest absolute Gasteiger partial charge is 0.379 e. The first kappa shape index (κ1) is 14.4. The van der Waals surface area contributed by atoms with Gasteiger partial charge in [-0.05, 0) is 25.3 Å². The Labute approximate surface area is 103 Å². The van der Waals surface area contributed by atoms with Crippen LogP contribution in [0.5, 0.6) is 0 Å². The molecule has 0 aromatic carbocycles. The van der Waals surface area contributed by atoms with Crippen molar-refractivity contribution in [3.8, 4) is 0 Å². The summed E-state index contributed by atoms with van der Waals surface area (Å²) in [4.78, 5) is 13.3. The second-order valence-corrected chi connectivity index (χ2v) is 4.86. The SMILES string of the molecule is CC(CCCCN1CCOCC1)C(N)C(N)=O. The van der Waals surface area contributed by atoms with Crippen LogP contribution >= 0.6 is 0 Å². The molecule has 1 heterocycles. The summed E-state index contributed by atoms with van der Waals surface area (Å²) >= 11 is 0. The van der Waals surface area contributed by atoms with Gasteiger partial charge in [0.2, 0.25) is 5.91 Å². The molecule has 100 valence electrons. The Hall–Kier alpha value is -0.650. The van der Waals surface area contributed by atoms with Crippen molar-refractivity contribution in [2.75, 3.05) is 32.8 Å². The van der Waals surface area contributed by atoms with Crippen molar-refractivity contribution in [2.24, 2.45) is 17.4 Å². The van der Waals surface area contributed by atoms with E-state index >= 15 is 0 Å². The highest BCUT2D eigenvalue weighted by Crippen LogP contribution is 2.11. The lowest BCUT2D eigenvalue weighted by Gasteiger charge is -2.26. The smallest absolute Gasteiger partial charge is 0.234 e. The number of primary amides is 1. The molecule has 1 aliphatic rings. The van der Waals surface area contributed by atoms with Gasteiger partial charge in [-0.15, -0.1) is 0 Å². The molecule has 0 spiro atoms. The van der Waals surface area contributed by atoms with Crippen LogP contribution in [0.2, 0.25) is 0 Å². The number of carbonyl (C=O) groups is 1. The fraction of sp³-hybridized carbons (Fsp3) is 0.917.